The highest BCUT2D eigenvalue weighted by atomic mass is 31.2. The predicted molar refractivity (Wildman–Crippen MR) is 131 cm³/mol. The van der Waals surface area contributed by atoms with Gasteiger partial charge in [-0.05, 0) is 78.6 Å². The van der Waals surface area contributed by atoms with Crippen molar-refractivity contribution in [3.05, 3.63) is 88.0 Å². The molecule has 3 aromatic rings. The molecule has 170 valence electrons. The van der Waals surface area contributed by atoms with Gasteiger partial charge in [-0.25, -0.2) is 4.57 Å². The molecule has 0 bridgehead atoms. The molecule has 0 atom stereocenters. The van der Waals surface area contributed by atoms with Crippen LogP contribution in [0.3, 0.4) is 0 Å². The van der Waals surface area contributed by atoms with E-state index in [0.717, 1.165) is 27.8 Å². The number of benzene rings is 3. The van der Waals surface area contributed by atoms with E-state index in [1.165, 1.54) is 0 Å². The first kappa shape index (κ1) is 23.9. The SMILES string of the molecule is Cc1ccccc1OP(=O)(Cc1c(C)cc(C(C)(C)C)c(O)c1C)Oc1ccccc1C. The molecule has 0 fully saturated rings. The Kier molecular flexibility index (Phi) is 6.76. The zero-order valence-corrected chi connectivity index (χ0v) is 20.9. The number of phenolic OH excluding ortho intramolecular Hbond substituents is 1. The summed E-state index contributed by atoms with van der Waals surface area (Å²) in [6.45, 7) is 13.8. The highest BCUT2D eigenvalue weighted by molar-refractivity contribution is 7.53. The number of hydrogen-bond donors (Lipinski definition) is 1. The second-order valence-electron chi connectivity index (χ2n) is 9.43. The standard InChI is InChI=1S/C27H33O4P/c1-18-12-8-10-14-24(18)30-32(29,31-25-15-11-9-13-19(25)2)17-22-20(3)16-23(27(5,6)7)26(28)21(22)4/h8-16,28H,17H2,1-7H3. The Labute approximate surface area is 191 Å². The third kappa shape index (κ3) is 5.19. The first-order valence-corrected chi connectivity index (χ1v) is 12.6. The van der Waals surface area contributed by atoms with E-state index in [0.29, 0.717) is 17.1 Å². The lowest BCUT2D eigenvalue weighted by Crippen LogP contribution is -2.14. The summed E-state index contributed by atoms with van der Waals surface area (Å²) >= 11 is 0. The minimum Gasteiger partial charge on any atom is -0.507 e. The van der Waals surface area contributed by atoms with Crippen LogP contribution in [0.4, 0.5) is 0 Å². The fourth-order valence-corrected chi connectivity index (χ4v) is 5.77. The van der Waals surface area contributed by atoms with E-state index in [1.54, 1.807) is 12.1 Å². The fraction of sp³-hybridized carbons (Fsp3) is 0.333. The van der Waals surface area contributed by atoms with Crippen molar-refractivity contribution >= 4 is 7.60 Å². The molecule has 0 spiro atoms. The molecule has 0 amide bonds. The third-order valence-corrected chi connectivity index (χ3v) is 7.37. The van der Waals surface area contributed by atoms with Gasteiger partial charge >= 0.3 is 7.60 Å². The van der Waals surface area contributed by atoms with Crippen molar-refractivity contribution in [2.75, 3.05) is 0 Å². The number of phenols is 1. The van der Waals surface area contributed by atoms with Gasteiger partial charge in [-0.3, -0.25) is 0 Å². The van der Waals surface area contributed by atoms with Gasteiger partial charge in [0.1, 0.15) is 17.2 Å². The van der Waals surface area contributed by atoms with Crippen molar-refractivity contribution in [3.8, 4) is 17.2 Å². The number of aryl methyl sites for hydroxylation is 3. The summed E-state index contributed by atoms with van der Waals surface area (Å²) in [5.41, 5.74) is 4.84. The van der Waals surface area contributed by atoms with E-state index in [4.69, 9.17) is 9.05 Å². The zero-order valence-electron chi connectivity index (χ0n) is 20.0. The Bertz CT molecular complexity index is 1120. The van der Waals surface area contributed by atoms with Crippen molar-refractivity contribution in [2.24, 2.45) is 0 Å². The molecule has 0 aromatic heterocycles. The van der Waals surface area contributed by atoms with Crippen molar-refractivity contribution in [2.45, 2.75) is 60.0 Å². The summed E-state index contributed by atoms with van der Waals surface area (Å²) in [6.07, 6.45) is 0.0469. The van der Waals surface area contributed by atoms with Gasteiger partial charge in [-0.15, -0.1) is 0 Å². The Balaban J connectivity index is 2.09. The van der Waals surface area contributed by atoms with Crippen LogP contribution in [0.5, 0.6) is 17.2 Å². The van der Waals surface area contributed by atoms with Crippen LogP contribution in [0.2, 0.25) is 0 Å². The van der Waals surface area contributed by atoms with Gasteiger partial charge in [0.25, 0.3) is 0 Å². The molecule has 0 saturated heterocycles. The smallest absolute Gasteiger partial charge is 0.435 e. The third-order valence-electron chi connectivity index (χ3n) is 5.72. The molecule has 0 saturated carbocycles. The van der Waals surface area contributed by atoms with Crippen LogP contribution in [0.25, 0.3) is 0 Å². The van der Waals surface area contributed by atoms with Gasteiger partial charge in [0.2, 0.25) is 0 Å². The normalized spacial score (nSPS) is 12.0. The van der Waals surface area contributed by atoms with Gasteiger partial charge in [-0.1, -0.05) is 63.2 Å². The van der Waals surface area contributed by atoms with E-state index in [9.17, 15) is 9.67 Å². The van der Waals surface area contributed by atoms with E-state index in [-0.39, 0.29) is 17.3 Å². The van der Waals surface area contributed by atoms with Crippen molar-refractivity contribution in [1.29, 1.82) is 0 Å². The lowest BCUT2D eigenvalue weighted by Gasteiger charge is -2.26. The van der Waals surface area contributed by atoms with Gasteiger partial charge in [0, 0.05) is 0 Å². The average molecular weight is 453 g/mol. The predicted octanol–water partition coefficient (Wildman–Crippen LogP) is 7.77. The van der Waals surface area contributed by atoms with Crippen LogP contribution in [-0.4, -0.2) is 5.11 Å². The van der Waals surface area contributed by atoms with Gasteiger partial charge in [0.05, 0.1) is 6.16 Å². The summed E-state index contributed by atoms with van der Waals surface area (Å²) < 4.78 is 26.4. The van der Waals surface area contributed by atoms with Gasteiger partial charge in [0.15, 0.2) is 0 Å². The lowest BCUT2D eigenvalue weighted by atomic mass is 9.83. The monoisotopic (exact) mass is 452 g/mol. The molecule has 0 aliphatic heterocycles. The van der Waals surface area contributed by atoms with Crippen LogP contribution in [-0.2, 0) is 16.1 Å². The Morgan fingerprint density at radius 2 is 1.28 bits per heavy atom. The van der Waals surface area contributed by atoms with E-state index < -0.39 is 7.60 Å². The zero-order chi connectivity index (χ0) is 23.7. The molecule has 5 heteroatoms. The van der Waals surface area contributed by atoms with Crippen molar-refractivity contribution in [1.82, 2.24) is 0 Å². The maximum absolute atomic E-state index is 14.2. The number of rotatable bonds is 6. The van der Waals surface area contributed by atoms with Crippen molar-refractivity contribution < 1.29 is 18.7 Å². The number of aromatic hydroxyl groups is 1. The molecule has 1 N–H and O–H groups in total. The minimum absolute atomic E-state index is 0.0469. The molecule has 3 rings (SSSR count). The molecule has 0 aliphatic carbocycles. The van der Waals surface area contributed by atoms with E-state index in [2.05, 4.69) is 20.8 Å². The van der Waals surface area contributed by atoms with E-state index in [1.807, 2.05) is 70.2 Å². The van der Waals surface area contributed by atoms with E-state index >= 15 is 0 Å². The van der Waals surface area contributed by atoms with Crippen LogP contribution in [0.15, 0.2) is 54.6 Å². The van der Waals surface area contributed by atoms with Crippen molar-refractivity contribution in [3.63, 3.8) is 0 Å². The van der Waals surface area contributed by atoms with Gasteiger partial charge in [-0.2, -0.15) is 0 Å². The van der Waals surface area contributed by atoms with Crippen LogP contribution in [0, 0.1) is 27.7 Å². The van der Waals surface area contributed by atoms with Crippen LogP contribution < -0.4 is 9.05 Å². The molecule has 0 radical (unpaired) electrons. The largest absolute Gasteiger partial charge is 0.507 e. The summed E-state index contributed by atoms with van der Waals surface area (Å²) in [6, 6.07) is 16.9. The molecule has 3 aromatic carbocycles. The Hall–Kier alpha value is -2.71. The summed E-state index contributed by atoms with van der Waals surface area (Å²) in [5.74, 6) is 1.28. The molecule has 4 nitrogen and oxygen atoms in total. The molecular formula is C27H33O4P. The number of para-hydroxylation sites is 2. The second-order valence-corrected chi connectivity index (χ2v) is 11.3. The average Bonchev–Trinajstić information content (AvgIpc) is 2.71. The van der Waals surface area contributed by atoms with Gasteiger partial charge < -0.3 is 14.2 Å². The molecule has 0 unspecified atom stereocenters. The lowest BCUT2D eigenvalue weighted by molar-refractivity contribution is 0.382. The molecule has 0 heterocycles. The highest BCUT2D eigenvalue weighted by Gasteiger charge is 2.33. The van der Waals surface area contributed by atoms with Crippen LogP contribution in [0.1, 0.15) is 54.2 Å². The first-order valence-electron chi connectivity index (χ1n) is 10.8. The minimum atomic E-state index is -3.68. The highest BCUT2D eigenvalue weighted by Crippen LogP contribution is 2.54. The molecular weight excluding hydrogens is 419 g/mol. The Morgan fingerprint density at radius 1 is 0.812 bits per heavy atom. The molecule has 0 aliphatic rings. The maximum Gasteiger partial charge on any atom is 0.435 e. The Morgan fingerprint density at radius 3 is 1.72 bits per heavy atom. The summed E-state index contributed by atoms with van der Waals surface area (Å²) in [7, 11) is -3.68. The maximum atomic E-state index is 14.2. The fourth-order valence-electron chi connectivity index (χ4n) is 3.72. The topological polar surface area (TPSA) is 55.8 Å². The second kappa shape index (κ2) is 9.03. The first-order chi connectivity index (χ1) is 14.9. The summed E-state index contributed by atoms with van der Waals surface area (Å²) in [5, 5.41) is 10.9. The molecule has 32 heavy (non-hydrogen) atoms. The summed E-state index contributed by atoms with van der Waals surface area (Å²) in [4.78, 5) is 0. The quantitative estimate of drug-likeness (QED) is 0.388. The number of hydrogen-bond acceptors (Lipinski definition) is 4. The van der Waals surface area contributed by atoms with Crippen LogP contribution >= 0.6 is 7.60 Å².